The van der Waals surface area contributed by atoms with Gasteiger partial charge in [0.15, 0.2) is 12.3 Å². The second kappa shape index (κ2) is 8.52. The van der Waals surface area contributed by atoms with Crippen LogP contribution in [0.3, 0.4) is 0 Å². The SMILES string of the molecule is O=C(COc1cc(C(F)(F)F)nn1-c1ccccc1Cl)Nc1cccc(Cl)c1Cl. The molecule has 2 aromatic carbocycles. The summed E-state index contributed by atoms with van der Waals surface area (Å²) in [4.78, 5) is 12.2. The predicted octanol–water partition coefficient (Wildman–Crippen LogP) is 5.87. The Labute approximate surface area is 177 Å². The molecule has 0 aliphatic heterocycles. The normalized spacial score (nSPS) is 11.4. The molecule has 152 valence electrons. The van der Waals surface area contributed by atoms with Gasteiger partial charge in [0.25, 0.3) is 5.91 Å². The summed E-state index contributed by atoms with van der Waals surface area (Å²) in [6.45, 7) is -0.601. The molecule has 0 fully saturated rings. The number of halogens is 6. The second-order valence-corrected chi connectivity index (χ2v) is 6.86. The van der Waals surface area contributed by atoms with Gasteiger partial charge in [0.05, 0.1) is 26.4 Å². The van der Waals surface area contributed by atoms with Crippen molar-refractivity contribution < 1.29 is 22.7 Å². The number of hydrogen-bond acceptors (Lipinski definition) is 3. The Morgan fingerprint density at radius 2 is 1.76 bits per heavy atom. The van der Waals surface area contributed by atoms with Crippen molar-refractivity contribution in [1.82, 2.24) is 9.78 Å². The van der Waals surface area contributed by atoms with E-state index < -0.39 is 24.4 Å². The Hall–Kier alpha value is -2.42. The van der Waals surface area contributed by atoms with E-state index in [4.69, 9.17) is 39.5 Å². The van der Waals surface area contributed by atoms with Gasteiger partial charge in [0.2, 0.25) is 5.88 Å². The van der Waals surface area contributed by atoms with Crippen LogP contribution in [0, 0.1) is 0 Å². The molecule has 11 heteroatoms. The highest BCUT2D eigenvalue weighted by molar-refractivity contribution is 6.44. The van der Waals surface area contributed by atoms with Crippen molar-refractivity contribution in [3.8, 4) is 11.6 Å². The van der Waals surface area contributed by atoms with E-state index in [0.717, 1.165) is 4.68 Å². The zero-order valence-corrected chi connectivity index (χ0v) is 16.6. The molecule has 29 heavy (non-hydrogen) atoms. The van der Waals surface area contributed by atoms with Crippen molar-refractivity contribution in [2.45, 2.75) is 6.18 Å². The molecule has 1 aromatic heterocycles. The van der Waals surface area contributed by atoms with E-state index in [1.807, 2.05) is 0 Å². The fourth-order valence-electron chi connectivity index (χ4n) is 2.33. The lowest BCUT2D eigenvalue weighted by atomic mass is 10.3. The maximum Gasteiger partial charge on any atom is 0.435 e. The first-order valence-electron chi connectivity index (χ1n) is 7.95. The van der Waals surface area contributed by atoms with Gasteiger partial charge >= 0.3 is 6.18 Å². The first kappa shape index (κ1) is 21.3. The number of carbonyl (C=O) groups excluding carboxylic acids is 1. The van der Waals surface area contributed by atoms with Gasteiger partial charge in [-0.3, -0.25) is 4.79 Å². The minimum atomic E-state index is -4.71. The van der Waals surface area contributed by atoms with Crippen LogP contribution < -0.4 is 10.1 Å². The van der Waals surface area contributed by atoms with E-state index in [-0.39, 0.29) is 32.3 Å². The number of hydrogen-bond donors (Lipinski definition) is 1. The van der Waals surface area contributed by atoms with Gasteiger partial charge < -0.3 is 10.1 Å². The number of ether oxygens (including phenoxy) is 1. The Morgan fingerprint density at radius 3 is 2.45 bits per heavy atom. The summed E-state index contributed by atoms with van der Waals surface area (Å²) in [6, 6.07) is 11.5. The monoisotopic (exact) mass is 463 g/mol. The van der Waals surface area contributed by atoms with Gasteiger partial charge in [-0.1, -0.05) is 53.0 Å². The molecule has 0 aliphatic carbocycles. The van der Waals surface area contributed by atoms with Crippen LogP contribution >= 0.6 is 34.8 Å². The average molecular weight is 465 g/mol. The Balaban J connectivity index is 1.83. The van der Waals surface area contributed by atoms with E-state index >= 15 is 0 Å². The summed E-state index contributed by atoms with van der Waals surface area (Å²) in [5, 5.41) is 6.50. The molecule has 0 spiro atoms. The molecule has 0 atom stereocenters. The van der Waals surface area contributed by atoms with E-state index in [1.165, 1.54) is 24.3 Å². The summed E-state index contributed by atoms with van der Waals surface area (Å²) in [6.07, 6.45) is -4.71. The van der Waals surface area contributed by atoms with Crippen molar-refractivity contribution in [3.63, 3.8) is 0 Å². The van der Waals surface area contributed by atoms with Gasteiger partial charge in [-0.15, -0.1) is 0 Å². The van der Waals surface area contributed by atoms with E-state index in [9.17, 15) is 18.0 Å². The Bertz CT molecular complexity index is 1050. The Morgan fingerprint density at radius 1 is 1.07 bits per heavy atom. The summed E-state index contributed by atoms with van der Waals surface area (Å²) < 4.78 is 45.4. The standard InChI is InChI=1S/C18H11Cl3F3N3O2/c19-10-4-1-2-7-13(10)27-16(8-14(26-27)18(22,23)24)29-9-15(28)25-12-6-3-5-11(20)17(12)21/h1-8H,9H2,(H,25,28). The molecule has 0 unspecified atom stereocenters. The van der Waals surface area contributed by atoms with Crippen LogP contribution in [-0.4, -0.2) is 22.3 Å². The highest BCUT2D eigenvalue weighted by atomic mass is 35.5. The third kappa shape index (κ3) is 4.95. The van der Waals surface area contributed by atoms with Crippen molar-refractivity contribution in [2.75, 3.05) is 11.9 Å². The molecule has 1 heterocycles. The van der Waals surface area contributed by atoms with Crippen LogP contribution in [0.1, 0.15) is 5.69 Å². The first-order valence-corrected chi connectivity index (χ1v) is 9.09. The lowest BCUT2D eigenvalue weighted by Gasteiger charge is -2.11. The molecule has 0 saturated heterocycles. The number of benzene rings is 2. The van der Waals surface area contributed by atoms with Crippen LogP contribution in [0.15, 0.2) is 48.5 Å². The fourth-order valence-corrected chi connectivity index (χ4v) is 2.89. The lowest BCUT2D eigenvalue weighted by molar-refractivity contribution is -0.141. The molecule has 3 rings (SSSR count). The third-order valence-corrected chi connectivity index (χ3v) is 4.76. The van der Waals surface area contributed by atoms with Crippen LogP contribution in [0.4, 0.5) is 18.9 Å². The number of rotatable bonds is 5. The van der Waals surface area contributed by atoms with Crippen molar-refractivity contribution in [3.05, 3.63) is 69.3 Å². The molecule has 1 amide bonds. The van der Waals surface area contributed by atoms with Crippen LogP contribution in [0.25, 0.3) is 5.69 Å². The minimum Gasteiger partial charge on any atom is -0.467 e. The highest BCUT2D eigenvalue weighted by Gasteiger charge is 2.36. The number of carbonyl (C=O) groups is 1. The van der Waals surface area contributed by atoms with Crippen molar-refractivity contribution >= 4 is 46.4 Å². The maximum atomic E-state index is 13.1. The zero-order valence-electron chi connectivity index (χ0n) is 14.3. The Kier molecular flexibility index (Phi) is 6.26. The molecule has 0 saturated carbocycles. The van der Waals surface area contributed by atoms with Gasteiger partial charge in [-0.25, -0.2) is 0 Å². The van der Waals surface area contributed by atoms with Gasteiger partial charge in [-0.05, 0) is 24.3 Å². The number of aromatic nitrogens is 2. The number of anilines is 1. The summed E-state index contributed by atoms with van der Waals surface area (Å²) in [5.74, 6) is -0.965. The molecular weight excluding hydrogens is 454 g/mol. The van der Waals surface area contributed by atoms with Crippen LogP contribution in [0.5, 0.6) is 5.88 Å². The summed E-state index contributed by atoms with van der Waals surface area (Å²) >= 11 is 17.9. The summed E-state index contributed by atoms with van der Waals surface area (Å²) in [7, 11) is 0. The van der Waals surface area contributed by atoms with Gasteiger partial charge in [0.1, 0.15) is 0 Å². The molecule has 1 N–H and O–H groups in total. The smallest absolute Gasteiger partial charge is 0.435 e. The van der Waals surface area contributed by atoms with Crippen molar-refractivity contribution in [2.24, 2.45) is 0 Å². The number of para-hydroxylation sites is 1. The molecular formula is C18H11Cl3F3N3O2. The largest absolute Gasteiger partial charge is 0.467 e. The topological polar surface area (TPSA) is 56.1 Å². The highest BCUT2D eigenvalue weighted by Crippen LogP contribution is 2.34. The minimum absolute atomic E-state index is 0.128. The number of alkyl halides is 3. The molecule has 0 aliphatic rings. The molecule has 0 bridgehead atoms. The maximum absolute atomic E-state index is 13.1. The first-order chi connectivity index (χ1) is 13.7. The molecule has 3 aromatic rings. The number of nitrogens with one attached hydrogen (secondary N) is 1. The quantitative estimate of drug-likeness (QED) is 0.514. The lowest BCUT2D eigenvalue weighted by Crippen LogP contribution is -2.21. The van der Waals surface area contributed by atoms with E-state index in [0.29, 0.717) is 6.07 Å². The van der Waals surface area contributed by atoms with Crippen molar-refractivity contribution in [1.29, 1.82) is 0 Å². The predicted molar refractivity (Wildman–Crippen MR) is 104 cm³/mol. The summed E-state index contributed by atoms with van der Waals surface area (Å²) in [5.41, 5.74) is -0.785. The molecule has 0 radical (unpaired) electrons. The van der Waals surface area contributed by atoms with Gasteiger partial charge in [0, 0.05) is 6.07 Å². The van der Waals surface area contributed by atoms with Gasteiger partial charge in [-0.2, -0.15) is 23.0 Å². The average Bonchev–Trinajstić information content (AvgIpc) is 3.09. The fraction of sp³-hybridized carbons (Fsp3) is 0.111. The number of amides is 1. The van der Waals surface area contributed by atoms with E-state index in [1.54, 1.807) is 18.2 Å². The third-order valence-electron chi connectivity index (χ3n) is 3.62. The molecule has 5 nitrogen and oxygen atoms in total. The van der Waals surface area contributed by atoms with E-state index in [2.05, 4.69) is 10.4 Å². The zero-order chi connectivity index (χ0) is 21.2. The van der Waals surface area contributed by atoms with Crippen LogP contribution in [0.2, 0.25) is 15.1 Å². The van der Waals surface area contributed by atoms with Crippen LogP contribution in [-0.2, 0) is 11.0 Å². The second-order valence-electron chi connectivity index (χ2n) is 5.67. The number of nitrogens with zero attached hydrogens (tertiary/aromatic N) is 2.